The molecule has 150 valence electrons. The zero-order valence-electron chi connectivity index (χ0n) is 16.1. The van der Waals surface area contributed by atoms with Crippen LogP contribution < -0.4 is 20.3 Å². The van der Waals surface area contributed by atoms with Crippen molar-refractivity contribution in [3.8, 4) is 17.6 Å². The molecule has 0 aliphatic carbocycles. The highest BCUT2D eigenvalue weighted by Gasteiger charge is 2.19. The van der Waals surface area contributed by atoms with Crippen LogP contribution in [-0.2, 0) is 4.79 Å². The summed E-state index contributed by atoms with van der Waals surface area (Å²) in [5.74, 6) is 6.59. The van der Waals surface area contributed by atoms with Crippen molar-refractivity contribution >= 4 is 34.9 Å². The largest absolute Gasteiger partial charge is 0.495 e. The van der Waals surface area contributed by atoms with Gasteiger partial charge in [0, 0.05) is 29.2 Å². The molecule has 6 nitrogen and oxygen atoms in total. The fourth-order valence-electron chi connectivity index (χ4n) is 3.02. The quantitative estimate of drug-likeness (QED) is 0.746. The molecule has 3 amide bonds. The zero-order valence-corrected chi connectivity index (χ0v) is 16.9. The minimum Gasteiger partial charge on any atom is -0.495 e. The summed E-state index contributed by atoms with van der Waals surface area (Å²) in [5.41, 5.74) is 2.19. The second-order valence-corrected chi connectivity index (χ2v) is 6.94. The van der Waals surface area contributed by atoms with Gasteiger partial charge in [-0.1, -0.05) is 23.4 Å². The van der Waals surface area contributed by atoms with E-state index in [-0.39, 0.29) is 12.5 Å². The Morgan fingerprint density at radius 3 is 2.72 bits per heavy atom. The molecule has 0 atom stereocenters. The summed E-state index contributed by atoms with van der Waals surface area (Å²) in [6, 6.07) is 12.1. The third kappa shape index (κ3) is 5.66. The molecule has 29 heavy (non-hydrogen) atoms. The SMILES string of the molecule is COc1ccc(Cl)cc1NC(=O)NCC#Cc1ccc(N2CCCCC2=O)cc1. The Balaban J connectivity index is 1.52. The van der Waals surface area contributed by atoms with E-state index in [0.29, 0.717) is 22.9 Å². The van der Waals surface area contributed by atoms with Crippen molar-refractivity contribution in [3.63, 3.8) is 0 Å². The molecule has 0 radical (unpaired) electrons. The monoisotopic (exact) mass is 411 g/mol. The first-order valence-corrected chi connectivity index (χ1v) is 9.72. The molecular formula is C22H22ClN3O3. The highest BCUT2D eigenvalue weighted by Crippen LogP contribution is 2.27. The van der Waals surface area contributed by atoms with Crippen LogP contribution in [-0.4, -0.2) is 32.1 Å². The number of urea groups is 1. The lowest BCUT2D eigenvalue weighted by Gasteiger charge is -2.26. The lowest BCUT2D eigenvalue weighted by atomic mass is 10.1. The van der Waals surface area contributed by atoms with E-state index in [1.807, 2.05) is 29.2 Å². The standard InChI is InChI=1S/C22H22ClN3O3/c1-29-20-12-9-17(23)15-19(20)25-22(28)24-13-4-5-16-7-10-18(11-8-16)26-14-3-2-6-21(26)27/h7-12,15H,2-3,6,13-14H2,1H3,(H2,24,25,28). The summed E-state index contributed by atoms with van der Waals surface area (Å²) in [6.45, 7) is 0.946. The Morgan fingerprint density at radius 2 is 2.00 bits per heavy atom. The smallest absolute Gasteiger partial charge is 0.320 e. The summed E-state index contributed by atoms with van der Waals surface area (Å²) in [7, 11) is 1.52. The average molecular weight is 412 g/mol. The Kier molecular flexibility index (Phi) is 6.99. The van der Waals surface area contributed by atoms with Gasteiger partial charge in [-0.2, -0.15) is 0 Å². The summed E-state index contributed by atoms with van der Waals surface area (Å²) in [5, 5.41) is 5.85. The minimum atomic E-state index is -0.404. The summed E-state index contributed by atoms with van der Waals surface area (Å²) < 4.78 is 5.19. The van der Waals surface area contributed by atoms with Gasteiger partial charge < -0.3 is 20.3 Å². The van der Waals surface area contributed by atoms with Crippen molar-refractivity contribution < 1.29 is 14.3 Å². The highest BCUT2D eigenvalue weighted by molar-refractivity contribution is 6.31. The maximum Gasteiger partial charge on any atom is 0.320 e. The van der Waals surface area contributed by atoms with Gasteiger partial charge in [-0.25, -0.2) is 4.79 Å². The van der Waals surface area contributed by atoms with E-state index in [2.05, 4.69) is 22.5 Å². The van der Waals surface area contributed by atoms with E-state index in [1.54, 1.807) is 18.2 Å². The summed E-state index contributed by atoms with van der Waals surface area (Å²) >= 11 is 5.95. The Bertz CT molecular complexity index is 948. The topological polar surface area (TPSA) is 70.7 Å². The molecule has 2 N–H and O–H groups in total. The van der Waals surface area contributed by atoms with E-state index in [4.69, 9.17) is 16.3 Å². The lowest BCUT2D eigenvalue weighted by Crippen LogP contribution is -2.35. The molecule has 2 aromatic carbocycles. The lowest BCUT2D eigenvalue weighted by molar-refractivity contribution is -0.119. The summed E-state index contributed by atoms with van der Waals surface area (Å²) in [6.07, 6.45) is 2.60. The van der Waals surface area contributed by atoms with Crippen molar-refractivity contribution in [1.82, 2.24) is 5.32 Å². The first kappa shape index (κ1) is 20.6. The third-order valence-corrected chi connectivity index (χ3v) is 4.72. The second-order valence-electron chi connectivity index (χ2n) is 6.50. The molecule has 1 heterocycles. The number of methoxy groups -OCH3 is 1. The van der Waals surface area contributed by atoms with Crippen LogP contribution in [0.3, 0.4) is 0 Å². The van der Waals surface area contributed by atoms with Gasteiger partial charge in [0.1, 0.15) is 5.75 Å². The van der Waals surface area contributed by atoms with Crippen LogP contribution in [0.2, 0.25) is 5.02 Å². The Labute approximate surface area is 175 Å². The third-order valence-electron chi connectivity index (χ3n) is 4.48. The molecule has 0 spiro atoms. The number of nitrogens with one attached hydrogen (secondary N) is 2. The highest BCUT2D eigenvalue weighted by atomic mass is 35.5. The molecule has 1 saturated heterocycles. The van der Waals surface area contributed by atoms with Gasteiger partial charge in [-0.3, -0.25) is 4.79 Å². The van der Waals surface area contributed by atoms with Crippen molar-refractivity contribution in [3.05, 3.63) is 53.1 Å². The molecule has 0 saturated carbocycles. The van der Waals surface area contributed by atoms with Gasteiger partial charge in [0.15, 0.2) is 0 Å². The molecule has 1 aliphatic rings. The molecule has 1 fully saturated rings. The van der Waals surface area contributed by atoms with E-state index < -0.39 is 6.03 Å². The van der Waals surface area contributed by atoms with Crippen LogP contribution in [0.1, 0.15) is 24.8 Å². The first-order valence-electron chi connectivity index (χ1n) is 9.34. The maximum atomic E-state index is 12.0. The second kappa shape index (κ2) is 9.85. The number of halogens is 1. The minimum absolute atomic E-state index is 0.168. The Hall–Kier alpha value is -3.17. The van der Waals surface area contributed by atoms with E-state index in [1.165, 1.54) is 7.11 Å². The molecule has 2 aromatic rings. The van der Waals surface area contributed by atoms with Crippen LogP contribution in [0.25, 0.3) is 0 Å². The number of anilines is 2. The average Bonchev–Trinajstić information content (AvgIpc) is 2.72. The number of hydrogen-bond donors (Lipinski definition) is 2. The number of benzene rings is 2. The summed E-state index contributed by atoms with van der Waals surface area (Å²) in [4.78, 5) is 25.8. The molecule has 1 aliphatic heterocycles. The van der Waals surface area contributed by atoms with E-state index in [9.17, 15) is 9.59 Å². The van der Waals surface area contributed by atoms with Crippen LogP contribution in [0.4, 0.5) is 16.2 Å². The molecule has 3 rings (SSSR count). The van der Waals surface area contributed by atoms with Crippen LogP contribution in [0.15, 0.2) is 42.5 Å². The number of rotatable bonds is 4. The van der Waals surface area contributed by atoms with E-state index in [0.717, 1.165) is 30.6 Å². The fraction of sp³-hybridized carbons (Fsp3) is 0.273. The molecule has 0 bridgehead atoms. The number of carbonyl (C=O) groups excluding carboxylic acids is 2. The maximum absolute atomic E-state index is 12.0. The number of piperidine rings is 1. The van der Waals surface area contributed by atoms with Crippen LogP contribution in [0.5, 0.6) is 5.75 Å². The number of hydrogen-bond acceptors (Lipinski definition) is 3. The van der Waals surface area contributed by atoms with Crippen LogP contribution >= 0.6 is 11.6 Å². The van der Waals surface area contributed by atoms with Crippen molar-refractivity contribution in [1.29, 1.82) is 0 Å². The zero-order chi connectivity index (χ0) is 20.6. The predicted molar refractivity (Wildman–Crippen MR) is 115 cm³/mol. The van der Waals surface area contributed by atoms with Gasteiger partial charge >= 0.3 is 6.03 Å². The van der Waals surface area contributed by atoms with Gasteiger partial charge in [0.2, 0.25) is 5.91 Å². The first-order chi connectivity index (χ1) is 14.1. The molecular weight excluding hydrogens is 390 g/mol. The number of carbonyl (C=O) groups is 2. The molecule has 0 unspecified atom stereocenters. The fourth-order valence-corrected chi connectivity index (χ4v) is 3.19. The van der Waals surface area contributed by atoms with Gasteiger partial charge in [0.25, 0.3) is 0 Å². The van der Waals surface area contributed by atoms with Gasteiger partial charge in [-0.05, 0) is 55.3 Å². The van der Waals surface area contributed by atoms with E-state index >= 15 is 0 Å². The number of ether oxygens (including phenoxy) is 1. The normalized spacial score (nSPS) is 13.3. The van der Waals surface area contributed by atoms with Crippen molar-refractivity contribution in [2.24, 2.45) is 0 Å². The van der Waals surface area contributed by atoms with Gasteiger partial charge in [0.05, 0.1) is 19.3 Å². The van der Waals surface area contributed by atoms with Crippen molar-refractivity contribution in [2.75, 3.05) is 30.4 Å². The van der Waals surface area contributed by atoms with Gasteiger partial charge in [-0.15, -0.1) is 0 Å². The van der Waals surface area contributed by atoms with Crippen molar-refractivity contribution in [2.45, 2.75) is 19.3 Å². The molecule has 7 heteroatoms. The van der Waals surface area contributed by atoms with Crippen LogP contribution in [0, 0.1) is 11.8 Å². The number of nitrogens with zero attached hydrogens (tertiary/aromatic N) is 1. The Morgan fingerprint density at radius 1 is 1.21 bits per heavy atom. The molecule has 0 aromatic heterocycles. The predicted octanol–water partition coefficient (Wildman–Crippen LogP) is 4.04. The number of amides is 3.